The quantitative estimate of drug-likeness (QED) is 0.818. The summed E-state index contributed by atoms with van der Waals surface area (Å²) in [6.45, 7) is 0.545. The zero-order chi connectivity index (χ0) is 12.7. The number of rotatable bonds is 3. The molecule has 3 rings (SSSR count). The van der Waals surface area contributed by atoms with Gasteiger partial charge in [-0.25, -0.2) is 0 Å². The van der Waals surface area contributed by atoms with Crippen LogP contribution in [0.3, 0.4) is 0 Å². The summed E-state index contributed by atoms with van der Waals surface area (Å²) in [5.74, 6) is 1.01. The number of benzene rings is 1. The van der Waals surface area contributed by atoms with Crippen molar-refractivity contribution in [3.05, 3.63) is 29.3 Å². The molecule has 96 valence electrons. The van der Waals surface area contributed by atoms with Gasteiger partial charge < -0.3 is 14.7 Å². The zero-order valence-electron chi connectivity index (χ0n) is 10.4. The second kappa shape index (κ2) is 4.28. The predicted octanol–water partition coefficient (Wildman–Crippen LogP) is 1.28. The van der Waals surface area contributed by atoms with Crippen LogP contribution < -0.4 is 4.74 Å². The van der Waals surface area contributed by atoms with Crippen molar-refractivity contribution in [2.24, 2.45) is 0 Å². The lowest BCUT2D eigenvalue weighted by molar-refractivity contribution is -0.144. The smallest absolute Gasteiger partial charge is 0.224 e. The SMILES string of the molecule is CN1C(=O)CC1COc1ccc2c(c1)CCC2O. The molecule has 1 amide bonds. The maximum absolute atomic E-state index is 11.1. The summed E-state index contributed by atoms with van der Waals surface area (Å²) in [6.07, 6.45) is 1.98. The number of aryl methyl sites for hydroxylation is 1. The number of aliphatic hydroxyl groups is 1. The standard InChI is InChI=1S/C14H17NO3/c1-15-10(7-14(15)17)8-18-11-3-4-12-9(6-11)2-5-13(12)16/h3-4,6,10,13,16H,2,5,7-8H2,1H3. The van der Waals surface area contributed by atoms with E-state index in [4.69, 9.17) is 4.74 Å². The summed E-state index contributed by atoms with van der Waals surface area (Å²) in [6, 6.07) is 6.05. The number of ether oxygens (including phenoxy) is 1. The van der Waals surface area contributed by atoms with Gasteiger partial charge in [-0.2, -0.15) is 0 Å². The minimum atomic E-state index is -0.315. The molecule has 4 heteroatoms. The third-order valence-electron chi connectivity index (χ3n) is 3.95. The normalized spacial score (nSPS) is 25.9. The fraction of sp³-hybridized carbons (Fsp3) is 0.500. The van der Waals surface area contributed by atoms with Gasteiger partial charge in [-0.15, -0.1) is 0 Å². The Morgan fingerprint density at radius 3 is 3.06 bits per heavy atom. The summed E-state index contributed by atoms with van der Waals surface area (Å²) in [4.78, 5) is 12.8. The van der Waals surface area contributed by atoms with Crippen molar-refractivity contribution in [2.45, 2.75) is 31.4 Å². The van der Waals surface area contributed by atoms with Crippen LogP contribution in [0.2, 0.25) is 0 Å². The van der Waals surface area contributed by atoms with E-state index in [0.29, 0.717) is 13.0 Å². The number of hydrogen-bond donors (Lipinski definition) is 1. The van der Waals surface area contributed by atoms with Crippen molar-refractivity contribution in [1.82, 2.24) is 4.90 Å². The first-order chi connectivity index (χ1) is 8.65. The van der Waals surface area contributed by atoms with Crippen molar-refractivity contribution >= 4 is 5.91 Å². The molecule has 1 aromatic carbocycles. The number of likely N-dealkylation sites (tertiary alicyclic amines) is 1. The van der Waals surface area contributed by atoms with Crippen LogP contribution in [-0.4, -0.2) is 35.6 Å². The van der Waals surface area contributed by atoms with Gasteiger partial charge in [-0.3, -0.25) is 4.79 Å². The summed E-state index contributed by atoms with van der Waals surface area (Å²) in [7, 11) is 1.80. The van der Waals surface area contributed by atoms with Crippen molar-refractivity contribution in [2.75, 3.05) is 13.7 Å². The minimum Gasteiger partial charge on any atom is -0.491 e. The van der Waals surface area contributed by atoms with Gasteiger partial charge in [0.2, 0.25) is 5.91 Å². The van der Waals surface area contributed by atoms with Crippen LogP contribution in [-0.2, 0) is 11.2 Å². The molecule has 1 heterocycles. The topological polar surface area (TPSA) is 49.8 Å². The highest BCUT2D eigenvalue weighted by Crippen LogP contribution is 2.33. The largest absolute Gasteiger partial charge is 0.491 e. The first kappa shape index (κ1) is 11.5. The average molecular weight is 247 g/mol. The first-order valence-electron chi connectivity index (χ1n) is 6.34. The number of aliphatic hydroxyl groups excluding tert-OH is 1. The fourth-order valence-corrected chi connectivity index (χ4v) is 2.60. The van der Waals surface area contributed by atoms with Crippen LogP contribution in [0.25, 0.3) is 0 Å². The zero-order valence-corrected chi connectivity index (χ0v) is 10.4. The Kier molecular flexibility index (Phi) is 2.74. The third kappa shape index (κ3) is 1.86. The highest BCUT2D eigenvalue weighted by molar-refractivity contribution is 5.82. The second-order valence-corrected chi connectivity index (χ2v) is 5.09. The predicted molar refractivity (Wildman–Crippen MR) is 66.4 cm³/mol. The highest BCUT2D eigenvalue weighted by Gasteiger charge is 2.33. The number of carbonyl (C=O) groups excluding carboxylic acids is 1. The molecule has 0 aromatic heterocycles. The number of carbonyl (C=O) groups is 1. The van der Waals surface area contributed by atoms with Gasteiger partial charge in [0.25, 0.3) is 0 Å². The van der Waals surface area contributed by atoms with Crippen LogP contribution in [0, 0.1) is 0 Å². The molecule has 0 spiro atoms. The molecular formula is C14H17NO3. The molecule has 0 radical (unpaired) electrons. The Hall–Kier alpha value is -1.55. The average Bonchev–Trinajstić information content (AvgIpc) is 2.75. The maximum Gasteiger partial charge on any atom is 0.224 e. The van der Waals surface area contributed by atoms with E-state index in [1.54, 1.807) is 11.9 Å². The lowest BCUT2D eigenvalue weighted by Crippen LogP contribution is -2.52. The van der Waals surface area contributed by atoms with E-state index in [0.717, 1.165) is 24.2 Å². The minimum absolute atomic E-state index is 0.181. The van der Waals surface area contributed by atoms with Crippen molar-refractivity contribution < 1.29 is 14.6 Å². The van der Waals surface area contributed by atoms with E-state index in [1.807, 2.05) is 18.2 Å². The Labute approximate surface area is 106 Å². The number of hydrogen-bond acceptors (Lipinski definition) is 3. The first-order valence-corrected chi connectivity index (χ1v) is 6.34. The molecule has 0 bridgehead atoms. The van der Waals surface area contributed by atoms with E-state index in [1.165, 1.54) is 5.56 Å². The molecule has 18 heavy (non-hydrogen) atoms. The summed E-state index contributed by atoms with van der Waals surface area (Å²) in [5, 5.41) is 9.72. The van der Waals surface area contributed by atoms with Gasteiger partial charge in [0, 0.05) is 7.05 Å². The molecule has 1 N–H and O–H groups in total. The van der Waals surface area contributed by atoms with Crippen LogP contribution in [0.5, 0.6) is 5.75 Å². The Morgan fingerprint density at radius 1 is 1.50 bits per heavy atom. The molecule has 4 nitrogen and oxygen atoms in total. The van der Waals surface area contributed by atoms with Crippen LogP contribution in [0.1, 0.15) is 30.1 Å². The molecule has 2 unspecified atom stereocenters. The molecule has 1 aliphatic heterocycles. The van der Waals surface area contributed by atoms with Crippen LogP contribution >= 0.6 is 0 Å². The molecule has 2 atom stereocenters. The van der Waals surface area contributed by atoms with Gasteiger partial charge >= 0.3 is 0 Å². The molecule has 1 aromatic rings. The number of likely N-dealkylation sites (N-methyl/N-ethyl adjacent to an activating group) is 1. The highest BCUT2D eigenvalue weighted by atomic mass is 16.5. The second-order valence-electron chi connectivity index (χ2n) is 5.09. The number of β-lactam (4-membered cyclic amide) rings is 1. The molecule has 0 saturated carbocycles. The van der Waals surface area contributed by atoms with Crippen LogP contribution in [0.4, 0.5) is 0 Å². The Balaban J connectivity index is 1.62. The van der Waals surface area contributed by atoms with Crippen molar-refractivity contribution in [3.8, 4) is 5.75 Å². The van der Waals surface area contributed by atoms with Crippen LogP contribution in [0.15, 0.2) is 18.2 Å². The molecule has 1 saturated heterocycles. The Morgan fingerprint density at radius 2 is 2.33 bits per heavy atom. The Bertz CT molecular complexity index is 486. The van der Waals surface area contributed by atoms with Gasteiger partial charge in [-0.1, -0.05) is 6.07 Å². The third-order valence-corrected chi connectivity index (χ3v) is 3.95. The summed E-state index contributed by atoms with van der Waals surface area (Å²) in [5.41, 5.74) is 2.20. The van der Waals surface area contributed by atoms with Gasteiger partial charge in [0.15, 0.2) is 0 Å². The summed E-state index contributed by atoms with van der Waals surface area (Å²) < 4.78 is 5.71. The van der Waals surface area contributed by atoms with E-state index < -0.39 is 0 Å². The van der Waals surface area contributed by atoms with Crippen molar-refractivity contribution in [3.63, 3.8) is 0 Å². The van der Waals surface area contributed by atoms with E-state index in [2.05, 4.69) is 0 Å². The van der Waals surface area contributed by atoms with Gasteiger partial charge in [0.1, 0.15) is 12.4 Å². The maximum atomic E-state index is 11.1. The van der Waals surface area contributed by atoms with Gasteiger partial charge in [-0.05, 0) is 36.1 Å². The van der Waals surface area contributed by atoms with Crippen molar-refractivity contribution in [1.29, 1.82) is 0 Å². The van der Waals surface area contributed by atoms with E-state index >= 15 is 0 Å². The monoisotopic (exact) mass is 247 g/mol. The molecule has 2 aliphatic rings. The molecule has 1 fully saturated rings. The fourth-order valence-electron chi connectivity index (χ4n) is 2.60. The lowest BCUT2D eigenvalue weighted by Gasteiger charge is -2.36. The number of amides is 1. The summed E-state index contributed by atoms with van der Waals surface area (Å²) >= 11 is 0. The number of nitrogens with zero attached hydrogens (tertiary/aromatic N) is 1. The molecular weight excluding hydrogens is 230 g/mol. The van der Waals surface area contributed by atoms with E-state index in [9.17, 15) is 9.90 Å². The number of fused-ring (bicyclic) bond motifs is 1. The van der Waals surface area contributed by atoms with E-state index in [-0.39, 0.29) is 18.1 Å². The van der Waals surface area contributed by atoms with Gasteiger partial charge in [0.05, 0.1) is 18.6 Å². The molecule has 1 aliphatic carbocycles. The lowest BCUT2D eigenvalue weighted by atomic mass is 10.0.